The molecule has 2 aliphatic rings. The molecule has 1 aromatic carbocycles. The molecular weight excluding hydrogens is 438 g/mol. The smallest absolute Gasteiger partial charge is 0.330 e. The molecule has 3 rings (SSSR count). The lowest BCUT2D eigenvalue weighted by Crippen LogP contribution is -2.32. The lowest BCUT2D eigenvalue weighted by Gasteiger charge is -2.13. The van der Waals surface area contributed by atoms with Gasteiger partial charge < -0.3 is 15.0 Å². The van der Waals surface area contributed by atoms with Gasteiger partial charge in [0.1, 0.15) is 0 Å². The van der Waals surface area contributed by atoms with Crippen LogP contribution >= 0.6 is 0 Å². The van der Waals surface area contributed by atoms with Crippen molar-refractivity contribution >= 4 is 47.2 Å². The van der Waals surface area contributed by atoms with Gasteiger partial charge in [-0.1, -0.05) is 19.9 Å². The summed E-state index contributed by atoms with van der Waals surface area (Å²) < 4.78 is 0. The second-order valence-electron chi connectivity index (χ2n) is 6.84. The predicted octanol–water partition coefficient (Wildman–Crippen LogP) is 1.26. The van der Waals surface area contributed by atoms with E-state index in [0.717, 1.165) is 0 Å². The molecule has 0 saturated carbocycles. The van der Waals surface area contributed by atoms with E-state index in [2.05, 4.69) is 10.2 Å². The van der Waals surface area contributed by atoms with E-state index in [-0.39, 0.29) is 43.6 Å². The molecule has 12 heteroatoms. The van der Waals surface area contributed by atoms with Crippen molar-refractivity contribution in [3.8, 4) is 0 Å². The molecule has 0 aromatic heterocycles. The monoisotopic (exact) mass is 461 g/mol. The van der Waals surface area contributed by atoms with Gasteiger partial charge in [-0.05, 0) is 18.2 Å². The average Bonchev–Trinajstić information content (AvgIpc) is 3.29. The van der Waals surface area contributed by atoms with Crippen LogP contribution in [0, 0.1) is 0 Å². The Morgan fingerprint density at radius 2 is 1.33 bits per heavy atom. The van der Waals surface area contributed by atoms with E-state index in [9.17, 15) is 33.6 Å². The summed E-state index contributed by atoms with van der Waals surface area (Å²) in [4.78, 5) is 87.7. The highest BCUT2D eigenvalue weighted by atomic mass is 16.7. The van der Waals surface area contributed by atoms with Gasteiger partial charge in [-0.15, -0.1) is 10.1 Å². The highest BCUT2D eigenvalue weighted by molar-refractivity contribution is 6.03. The predicted molar refractivity (Wildman–Crippen MR) is 109 cm³/mol. The Labute approximate surface area is 188 Å². The Kier molecular flexibility index (Phi) is 8.78. The van der Waals surface area contributed by atoms with E-state index < -0.39 is 35.6 Å². The number of benzene rings is 1. The number of nitrogens with one attached hydrogen (secondary N) is 1. The molecule has 12 nitrogen and oxygen atoms in total. The molecule has 0 unspecified atom stereocenters. The van der Waals surface area contributed by atoms with Crippen molar-refractivity contribution in [1.29, 1.82) is 0 Å². The number of carbonyl (C=O) groups excluding carboxylic acids is 7. The number of carbonyl (C=O) groups is 7. The van der Waals surface area contributed by atoms with Crippen LogP contribution in [0.3, 0.4) is 0 Å². The molecule has 1 aromatic rings. The summed E-state index contributed by atoms with van der Waals surface area (Å²) in [5.41, 5.74) is 0.576. The van der Waals surface area contributed by atoms with Gasteiger partial charge in [0.25, 0.3) is 23.6 Å². The van der Waals surface area contributed by atoms with Crippen LogP contribution < -0.4 is 5.32 Å². The van der Waals surface area contributed by atoms with Crippen LogP contribution in [0.1, 0.15) is 62.7 Å². The van der Waals surface area contributed by atoms with Gasteiger partial charge >= 0.3 is 11.9 Å². The van der Waals surface area contributed by atoms with Crippen LogP contribution in [0.2, 0.25) is 0 Å². The first-order chi connectivity index (χ1) is 15.7. The maximum atomic E-state index is 11.9. The van der Waals surface area contributed by atoms with Gasteiger partial charge in [-0.2, -0.15) is 0 Å². The van der Waals surface area contributed by atoms with Gasteiger partial charge in [-0.25, -0.2) is 9.59 Å². The molecule has 33 heavy (non-hydrogen) atoms. The quantitative estimate of drug-likeness (QED) is 0.616. The summed E-state index contributed by atoms with van der Waals surface area (Å²) >= 11 is 0. The second-order valence-corrected chi connectivity index (χ2v) is 6.84. The Bertz CT molecular complexity index is 957. The zero-order valence-electron chi connectivity index (χ0n) is 18.1. The summed E-state index contributed by atoms with van der Waals surface area (Å²) in [5.74, 6) is -3.55. The van der Waals surface area contributed by atoms with Crippen LogP contribution in [0.5, 0.6) is 0 Å². The zero-order valence-corrected chi connectivity index (χ0v) is 18.1. The number of anilines is 1. The third-order valence-corrected chi connectivity index (χ3v) is 4.37. The Morgan fingerprint density at radius 1 is 0.818 bits per heavy atom. The van der Waals surface area contributed by atoms with E-state index in [4.69, 9.17) is 4.84 Å². The fourth-order valence-corrected chi connectivity index (χ4v) is 2.59. The topological polar surface area (TPSA) is 156 Å². The van der Waals surface area contributed by atoms with Gasteiger partial charge in [0.15, 0.2) is 0 Å². The molecular formula is C21H23N3O9. The molecule has 5 amide bonds. The highest BCUT2D eigenvalue weighted by Gasteiger charge is 2.33. The Hall–Kier alpha value is -4.09. The first kappa shape index (κ1) is 25.2. The molecule has 0 aliphatic carbocycles. The molecule has 1 N–H and O–H groups in total. The summed E-state index contributed by atoms with van der Waals surface area (Å²) in [7, 11) is 0. The third-order valence-electron chi connectivity index (χ3n) is 4.37. The SMILES string of the molecule is CCC(=O)Nc1cccc(C(=O)ON2C(=O)CCC2=O)c1.CCC(=O)ON1C(=O)CCC1=O. The summed E-state index contributed by atoms with van der Waals surface area (Å²) in [6, 6.07) is 6.07. The van der Waals surface area contributed by atoms with Crippen LogP contribution in [0.4, 0.5) is 5.69 Å². The Balaban J connectivity index is 0.000000273. The molecule has 2 heterocycles. The first-order valence-electron chi connectivity index (χ1n) is 10.2. The number of hydroxylamine groups is 4. The van der Waals surface area contributed by atoms with E-state index in [1.165, 1.54) is 12.1 Å². The summed E-state index contributed by atoms with van der Waals surface area (Å²) in [6.45, 7) is 3.30. The number of imide groups is 2. The lowest BCUT2D eigenvalue weighted by molar-refractivity contribution is -0.197. The average molecular weight is 461 g/mol. The van der Waals surface area contributed by atoms with Crippen LogP contribution in [-0.4, -0.2) is 51.6 Å². The van der Waals surface area contributed by atoms with E-state index >= 15 is 0 Å². The lowest BCUT2D eigenvalue weighted by atomic mass is 10.2. The van der Waals surface area contributed by atoms with Crippen molar-refractivity contribution in [3.63, 3.8) is 0 Å². The van der Waals surface area contributed by atoms with Crippen molar-refractivity contribution in [1.82, 2.24) is 10.1 Å². The maximum absolute atomic E-state index is 11.9. The van der Waals surface area contributed by atoms with Crippen molar-refractivity contribution in [2.45, 2.75) is 52.4 Å². The van der Waals surface area contributed by atoms with Crippen molar-refractivity contribution in [2.24, 2.45) is 0 Å². The number of hydrogen-bond donors (Lipinski definition) is 1. The molecule has 2 saturated heterocycles. The van der Waals surface area contributed by atoms with Crippen LogP contribution in [0.15, 0.2) is 24.3 Å². The molecule has 2 fully saturated rings. The summed E-state index contributed by atoms with van der Waals surface area (Å²) in [5, 5.41) is 3.64. The molecule has 2 aliphatic heterocycles. The standard InChI is InChI=1S/C14H14N2O5.C7H9NO4/c1-2-11(17)15-10-5-3-4-9(8-10)14(20)21-16-12(18)6-7-13(16)19;1-2-7(11)12-8-5(9)3-4-6(8)10/h3-5,8H,2,6-7H2,1H3,(H,15,17);2-4H2,1H3. The van der Waals surface area contributed by atoms with Gasteiger partial charge in [0.2, 0.25) is 5.91 Å². The van der Waals surface area contributed by atoms with Crippen molar-refractivity contribution in [2.75, 3.05) is 5.32 Å². The molecule has 0 spiro atoms. The zero-order chi connectivity index (χ0) is 24.5. The van der Waals surface area contributed by atoms with Crippen molar-refractivity contribution < 1.29 is 43.2 Å². The minimum absolute atomic E-state index is 0.0404. The number of nitrogens with zero attached hydrogens (tertiary/aromatic N) is 2. The molecule has 0 radical (unpaired) electrons. The maximum Gasteiger partial charge on any atom is 0.363 e. The molecule has 0 atom stereocenters. The van der Waals surface area contributed by atoms with Crippen LogP contribution in [0.25, 0.3) is 0 Å². The van der Waals surface area contributed by atoms with Crippen LogP contribution in [-0.2, 0) is 38.4 Å². The second kappa shape index (κ2) is 11.5. The van der Waals surface area contributed by atoms with Crippen molar-refractivity contribution in [3.05, 3.63) is 29.8 Å². The summed E-state index contributed by atoms with van der Waals surface area (Å²) in [6.07, 6.45) is 0.811. The van der Waals surface area contributed by atoms with Gasteiger partial charge in [0, 0.05) is 44.2 Å². The van der Waals surface area contributed by atoms with Gasteiger partial charge in [0.05, 0.1) is 5.56 Å². The normalized spacial score (nSPS) is 15.2. The van der Waals surface area contributed by atoms with E-state index in [1.807, 2.05) is 0 Å². The largest absolute Gasteiger partial charge is 0.363 e. The molecule has 0 bridgehead atoms. The number of rotatable bonds is 6. The third kappa shape index (κ3) is 6.95. The Morgan fingerprint density at radius 3 is 1.82 bits per heavy atom. The van der Waals surface area contributed by atoms with E-state index in [1.54, 1.807) is 26.0 Å². The number of hydrogen-bond acceptors (Lipinski definition) is 9. The minimum Gasteiger partial charge on any atom is -0.330 e. The molecule has 176 valence electrons. The fraction of sp³-hybridized carbons (Fsp3) is 0.381. The first-order valence-corrected chi connectivity index (χ1v) is 10.2. The van der Waals surface area contributed by atoms with Gasteiger partial charge in [-0.3, -0.25) is 24.0 Å². The fourth-order valence-electron chi connectivity index (χ4n) is 2.59. The minimum atomic E-state index is -0.828. The van der Waals surface area contributed by atoms with E-state index in [0.29, 0.717) is 22.2 Å². The highest BCUT2D eigenvalue weighted by Crippen LogP contribution is 2.16. The number of amides is 5.